The van der Waals surface area contributed by atoms with Crippen LogP contribution in [0.1, 0.15) is 29.3 Å². The van der Waals surface area contributed by atoms with Gasteiger partial charge in [0.1, 0.15) is 5.75 Å². The fourth-order valence-electron chi connectivity index (χ4n) is 4.16. The van der Waals surface area contributed by atoms with Crippen molar-refractivity contribution in [3.05, 3.63) is 101 Å². The van der Waals surface area contributed by atoms with Gasteiger partial charge in [0, 0.05) is 17.0 Å². The summed E-state index contributed by atoms with van der Waals surface area (Å²) in [5.74, 6) is 1.72. The van der Waals surface area contributed by atoms with E-state index in [2.05, 4.69) is 41.1 Å². The van der Waals surface area contributed by atoms with Crippen molar-refractivity contribution in [2.75, 3.05) is 7.11 Å². The molecule has 31 heavy (non-hydrogen) atoms. The van der Waals surface area contributed by atoms with Crippen LogP contribution in [0.3, 0.4) is 0 Å². The summed E-state index contributed by atoms with van der Waals surface area (Å²) in [6.07, 6.45) is 0.768. The van der Waals surface area contributed by atoms with E-state index in [1.165, 1.54) is 5.56 Å². The Morgan fingerprint density at radius 1 is 0.903 bits per heavy atom. The molecule has 0 radical (unpaired) electrons. The van der Waals surface area contributed by atoms with Gasteiger partial charge >= 0.3 is 0 Å². The standard InChI is InChI=1S/C26H22ClN3O/c1-17-25(20-8-12-21(27)13-9-20)26-28-23(18-6-4-3-5-7-18)16-24(30(26)29-17)19-10-14-22(31-2)15-11-19/h3-15,24H,16H2,1-2H3. The Balaban J connectivity index is 1.69. The van der Waals surface area contributed by atoms with E-state index in [0.717, 1.165) is 46.1 Å². The summed E-state index contributed by atoms with van der Waals surface area (Å²) >= 11 is 6.13. The molecule has 0 saturated heterocycles. The van der Waals surface area contributed by atoms with Crippen molar-refractivity contribution in [1.82, 2.24) is 9.78 Å². The summed E-state index contributed by atoms with van der Waals surface area (Å²) in [6, 6.07) is 26.5. The molecule has 1 aromatic heterocycles. The monoisotopic (exact) mass is 427 g/mol. The minimum Gasteiger partial charge on any atom is -0.497 e. The average Bonchev–Trinajstić information content (AvgIpc) is 3.15. The molecular weight excluding hydrogens is 406 g/mol. The predicted octanol–water partition coefficient (Wildman–Crippen LogP) is 6.63. The number of ether oxygens (including phenoxy) is 1. The third-order valence-electron chi connectivity index (χ3n) is 5.72. The molecule has 5 rings (SSSR count). The van der Waals surface area contributed by atoms with E-state index >= 15 is 0 Å². The number of hydrogen-bond donors (Lipinski definition) is 0. The lowest BCUT2D eigenvalue weighted by molar-refractivity contribution is 0.414. The van der Waals surface area contributed by atoms with Crippen LogP contribution in [0.2, 0.25) is 5.02 Å². The van der Waals surface area contributed by atoms with Crippen molar-refractivity contribution in [1.29, 1.82) is 0 Å². The van der Waals surface area contributed by atoms with Gasteiger partial charge in [-0.15, -0.1) is 0 Å². The Morgan fingerprint density at radius 3 is 2.29 bits per heavy atom. The number of fused-ring (bicyclic) bond motifs is 1. The second kappa shape index (κ2) is 8.05. The molecule has 1 aliphatic heterocycles. The molecule has 0 N–H and O–H groups in total. The third-order valence-corrected chi connectivity index (χ3v) is 5.98. The molecule has 0 bridgehead atoms. The van der Waals surface area contributed by atoms with Crippen molar-refractivity contribution >= 4 is 23.1 Å². The summed E-state index contributed by atoms with van der Waals surface area (Å²) in [4.78, 5) is 5.10. The van der Waals surface area contributed by atoms with Crippen LogP contribution in [0.4, 0.5) is 5.82 Å². The number of benzene rings is 3. The van der Waals surface area contributed by atoms with E-state index in [1.54, 1.807) is 7.11 Å². The molecule has 2 heterocycles. The number of rotatable bonds is 4. The number of aromatic nitrogens is 2. The van der Waals surface area contributed by atoms with Gasteiger partial charge in [0.15, 0.2) is 5.82 Å². The van der Waals surface area contributed by atoms with E-state index in [9.17, 15) is 0 Å². The normalized spacial score (nSPS) is 15.3. The van der Waals surface area contributed by atoms with Gasteiger partial charge in [-0.2, -0.15) is 5.10 Å². The minimum absolute atomic E-state index is 0.0494. The van der Waals surface area contributed by atoms with Gasteiger partial charge in [-0.25, -0.2) is 9.67 Å². The molecule has 154 valence electrons. The van der Waals surface area contributed by atoms with Gasteiger partial charge in [0.25, 0.3) is 0 Å². The van der Waals surface area contributed by atoms with Crippen molar-refractivity contribution in [2.24, 2.45) is 4.99 Å². The first-order chi connectivity index (χ1) is 15.1. The fraction of sp³-hybridized carbons (Fsp3) is 0.154. The quantitative estimate of drug-likeness (QED) is 0.366. The number of methoxy groups -OCH3 is 1. The molecular formula is C26H22ClN3O. The Hall–Kier alpha value is -3.37. The molecule has 1 aliphatic rings. The zero-order valence-electron chi connectivity index (χ0n) is 17.4. The van der Waals surface area contributed by atoms with Crippen molar-refractivity contribution < 1.29 is 4.74 Å². The summed E-state index contributed by atoms with van der Waals surface area (Å²) in [5.41, 5.74) is 6.43. The summed E-state index contributed by atoms with van der Waals surface area (Å²) in [5, 5.41) is 5.64. The maximum atomic E-state index is 6.13. The molecule has 1 atom stereocenters. The lowest BCUT2D eigenvalue weighted by atomic mass is 9.95. The molecule has 0 fully saturated rings. The lowest BCUT2D eigenvalue weighted by Gasteiger charge is -2.25. The first-order valence-corrected chi connectivity index (χ1v) is 10.6. The molecule has 3 aromatic carbocycles. The Morgan fingerprint density at radius 2 is 1.61 bits per heavy atom. The first-order valence-electron chi connectivity index (χ1n) is 10.3. The highest BCUT2D eigenvalue weighted by Gasteiger charge is 2.29. The smallest absolute Gasteiger partial charge is 0.159 e. The minimum atomic E-state index is 0.0494. The van der Waals surface area contributed by atoms with Gasteiger partial charge in [0.2, 0.25) is 0 Å². The van der Waals surface area contributed by atoms with Crippen LogP contribution < -0.4 is 4.74 Å². The second-order valence-corrected chi connectivity index (χ2v) is 8.09. The largest absolute Gasteiger partial charge is 0.497 e. The number of aryl methyl sites for hydroxylation is 1. The number of aliphatic imine (C=N–C) groups is 1. The molecule has 4 nitrogen and oxygen atoms in total. The van der Waals surface area contributed by atoms with Crippen molar-refractivity contribution in [3.63, 3.8) is 0 Å². The molecule has 0 amide bonds. The van der Waals surface area contributed by atoms with Crippen LogP contribution in [0, 0.1) is 6.92 Å². The maximum absolute atomic E-state index is 6.13. The zero-order valence-corrected chi connectivity index (χ0v) is 18.2. The highest BCUT2D eigenvalue weighted by Crippen LogP contribution is 2.42. The van der Waals surface area contributed by atoms with E-state index in [1.807, 2.05) is 49.4 Å². The summed E-state index contributed by atoms with van der Waals surface area (Å²) in [7, 11) is 1.68. The van der Waals surface area contributed by atoms with Crippen LogP contribution in [-0.2, 0) is 0 Å². The van der Waals surface area contributed by atoms with Crippen LogP contribution in [-0.4, -0.2) is 22.6 Å². The number of halogens is 1. The Bertz CT molecular complexity index is 1240. The first kappa shape index (κ1) is 19.6. The van der Waals surface area contributed by atoms with Crippen molar-refractivity contribution in [2.45, 2.75) is 19.4 Å². The average molecular weight is 428 g/mol. The molecule has 5 heteroatoms. The zero-order chi connectivity index (χ0) is 21.4. The Kier molecular flexibility index (Phi) is 5.08. The molecule has 4 aromatic rings. The maximum Gasteiger partial charge on any atom is 0.159 e. The van der Waals surface area contributed by atoms with Gasteiger partial charge < -0.3 is 4.74 Å². The second-order valence-electron chi connectivity index (χ2n) is 7.65. The highest BCUT2D eigenvalue weighted by atomic mass is 35.5. The van der Waals surface area contributed by atoms with Crippen LogP contribution in [0.25, 0.3) is 11.1 Å². The summed E-state index contributed by atoms with van der Waals surface area (Å²) in [6.45, 7) is 2.04. The molecule has 0 aliphatic carbocycles. The van der Waals surface area contributed by atoms with E-state index in [0.29, 0.717) is 5.02 Å². The highest BCUT2D eigenvalue weighted by molar-refractivity contribution is 6.30. The van der Waals surface area contributed by atoms with Gasteiger partial charge in [0.05, 0.1) is 24.6 Å². The number of nitrogens with zero attached hydrogens (tertiary/aromatic N) is 3. The number of hydrogen-bond acceptors (Lipinski definition) is 3. The van der Waals surface area contributed by atoms with Gasteiger partial charge in [-0.3, -0.25) is 0 Å². The van der Waals surface area contributed by atoms with Gasteiger partial charge in [-0.05, 0) is 47.9 Å². The van der Waals surface area contributed by atoms with Crippen LogP contribution >= 0.6 is 11.6 Å². The van der Waals surface area contributed by atoms with Crippen LogP contribution in [0.5, 0.6) is 5.75 Å². The topological polar surface area (TPSA) is 39.4 Å². The van der Waals surface area contributed by atoms with Crippen molar-refractivity contribution in [3.8, 4) is 16.9 Å². The van der Waals surface area contributed by atoms with E-state index in [-0.39, 0.29) is 6.04 Å². The Labute approximate surface area is 186 Å². The predicted molar refractivity (Wildman–Crippen MR) is 126 cm³/mol. The SMILES string of the molecule is COc1ccc(C2CC(c3ccccc3)=Nc3c(-c4ccc(Cl)cc4)c(C)nn32)cc1. The molecule has 1 unspecified atom stereocenters. The fourth-order valence-corrected chi connectivity index (χ4v) is 4.28. The third kappa shape index (κ3) is 3.64. The lowest BCUT2D eigenvalue weighted by Crippen LogP contribution is -2.21. The van der Waals surface area contributed by atoms with E-state index in [4.69, 9.17) is 26.4 Å². The van der Waals surface area contributed by atoms with Gasteiger partial charge in [-0.1, -0.05) is 66.2 Å². The summed E-state index contributed by atoms with van der Waals surface area (Å²) < 4.78 is 7.41. The molecule has 0 spiro atoms. The van der Waals surface area contributed by atoms with E-state index < -0.39 is 0 Å². The van der Waals surface area contributed by atoms with Crippen LogP contribution in [0.15, 0.2) is 83.9 Å². The molecule has 0 saturated carbocycles.